The summed E-state index contributed by atoms with van der Waals surface area (Å²) in [5.74, 6) is 0. The van der Waals surface area contributed by atoms with E-state index in [4.69, 9.17) is 4.74 Å². The minimum Gasteiger partial charge on any atom is -0.381 e. The Labute approximate surface area is 38.6 Å². The van der Waals surface area contributed by atoms with E-state index in [0.29, 0.717) is 0 Å². The second-order valence-electron chi connectivity index (χ2n) is 0.966. The number of hydrogen-bond acceptors (Lipinski definition) is 1. The highest BCUT2D eigenvalue weighted by Gasteiger charge is 1.94. The van der Waals surface area contributed by atoms with E-state index in [2.05, 4.69) is 13.2 Å². The molecule has 1 fully saturated rings. The summed E-state index contributed by atoms with van der Waals surface area (Å²) in [5, 5.41) is 0. The van der Waals surface area contributed by atoms with Gasteiger partial charge in [-0.2, -0.15) is 0 Å². The molecule has 0 aromatic rings. The fourth-order valence-corrected chi connectivity index (χ4v) is 0.144. The molecule has 0 unspecified atom stereocenters. The summed E-state index contributed by atoms with van der Waals surface area (Å²) >= 11 is 0. The Morgan fingerprint density at radius 3 is 1.33 bits per heavy atom. The summed E-state index contributed by atoms with van der Waals surface area (Å²) in [6, 6.07) is 0. The van der Waals surface area contributed by atoms with Crippen molar-refractivity contribution in [2.75, 3.05) is 13.2 Å². The van der Waals surface area contributed by atoms with Crippen LogP contribution in [0, 0.1) is 0 Å². The standard InChI is InChI=1S/C3H6O.C2H4/c1-2-4-3-1;1-2/h1-3H2;1-2H2. The first-order chi connectivity index (χ1) is 3.00. The molecule has 36 valence electrons. The molecule has 0 radical (unpaired) electrons. The van der Waals surface area contributed by atoms with Crippen LogP contribution in [-0.2, 0) is 4.74 Å². The third-order valence-electron chi connectivity index (χ3n) is 0.577. The van der Waals surface area contributed by atoms with Crippen molar-refractivity contribution in [2.45, 2.75) is 6.42 Å². The lowest BCUT2D eigenvalue weighted by Crippen LogP contribution is -2.09. The van der Waals surface area contributed by atoms with E-state index in [0.717, 1.165) is 13.2 Å². The van der Waals surface area contributed by atoms with Crippen molar-refractivity contribution in [3.63, 3.8) is 0 Å². The van der Waals surface area contributed by atoms with Crippen LogP contribution in [0.1, 0.15) is 6.42 Å². The Bertz CT molecular complexity index is 19.1. The molecule has 0 aromatic carbocycles. The second-order valence-corrected chi connectivity index (χ2v) is 0.966. The van der Waals surface area contributed by atoms with Crippen LogP contribution in [0.15, 0.2) is 13.2 Å². The maximum atomic E-state index is 4.72. The third-order valence-corrected chi connectivity index (χ3v) is 0.577. The molecule has 1 rings (SSSR count). The van der Waals surface area contributed by atoms with Crippen molar-refractivity contribution in [3.8, 4) is 0 Å². The van der Waals surface area contributed by atoms with Gasteiger partial charge in [0.2, 0.25) is 0 Å². The molecule has 0 amide bonds. The van der Waals surface area contributed by atoms with Crippen LogP contribution in [0.3, 0.4) is 0 Å². The Morgan fingerprint density at radius 2 is 1.33 bits per heavy atom. The fourth-order valence-electron chi connectivity index (χ4n) is 0.144. The van der Waals surface area contributed by atoms with Gasteiger partial charge in [-0.1, -0.05) is 0 Å². The predicted octanol–water partition coefficient (Wildman–Crippen LogP) is 1.21. The van der Waals surface area contributed by atoms with Crippen molar-refractivity contribution in [3.05, 3.63) is 13.2 Å². The van der Waals surface area contributed by atoms with E-state index in [9.17, 15) is 0 Å². The van der Waals surface area contributed by atoms with Crippen LogP contribution in [0.25, 0.3) is 0 Å². The average Bonchev–Trinajstić information content (AvgIpc) is 1.36. The molecule has 0 saturated carbocycles. The SMILES string of the molecule is C1COC1.C=C. The Kier molecular flexibility index (Phi) is 4.46. The van der Waals surface area contributed by atoms with Gasteiger partial charge in [0.05, 0.1) is 0 Å². The fraction of sp³-hybridized carbons (Fsp3) is 0.600. The highest BCUT2D eigenvalue weighted by atomic mass is 16.5. The van der Waals surface area contributed by atoms with Crippen molar-refractivity contribution in [1.82, 2.24) is 0 Å². The Morgan fingerprint density at radius 1 is 1.17 bits per heavy atom. The molecule has 1 aliphatic heterocycles. The van der Waals surface area contributed by atoms with Gasteiger partial charge in [-0.3, -0.25) is 0 Å². The quantitative estimate of drug-likeness (QED) is 0.402. The van der Waals surface area contributed by atoms with Crippen LogP contribution in [0.5, 0.6) is 0 Å². The maximum absolute atomic E-state index is 4.72. The Balaban J connectivity index is 0.000000112. The average molecular weight is 86.1 g/mol. The predicted molar refractivity (Wildman–Crippen MR) is 26.7 cm³/mol. The molecular weight excluding hydrogens is 76.1 g/mol. The van der Waals surface area contributed by atoms with Gasteiger partial charge in [0.1, 0.15) is 0 Å². The van der Waals surface area contributed by atoms with E-state index in [1.165, 1.54) is 6.42 Å². The lowest BCUT2D eigenvalue weighted by molar-refractivity contribution is 0.0367. The molecule has 0 aliphatic carbocycles. The summed E-state index contributed by atoms with van der Waals surface area (Å²) in [6.07, 6.45) is 1.28. The molecular formula is C5H10O. The van der Waals surface area contributed by atoms with E-state index >= 15 is 0 Å². The van der Waals surface area contributed by atoms with E-state index in [-0.39, 0.29) is 0 Å². The monoisotopic (exact) mass is 86.1 g/mol. The molecule has 1 aliphatic rings. The number of rotatable bonds is 0. The van der Waals surface area contributed by atoms with Gasteiger partial charge >= 0.3 is 0 Å². The van der Waals surface area contributed by atoms with Crippen LogP contribution < -0.4 is 0 Å². The molecule has 0 bridgehead atoms. The highest BCUT2D eigenvalue weighted by Crippen LogP contribution is 1.92. The summed E-state index contributed by atoms with van der Waals surface area (Å²) in [4.78, 5) is 0. The van der Waals surface area contributed by atoms with E-state index in [1.807, 2.05) is 0 Å². The first-order valence-corrected chi connectivity index (χ1v) is 2.08. The topological polar surface area (TPSA) is 9.23 Å². The summed E-state index contributed by atoms with van der Waals surface area (Å²) in [6.45, 7) is 8.00. The van der Waals surface area contributed by atoms with Gasteiger partial charge in [-0.15, -0.1) is 13.2 Å². The van der Waals surface area contributed by atoms with Crippen molar-refractivity contribution in [2.24, 2.45) is 0 Å². The zero-order chi connectivity index (χ0) is 4.83. The minimum absolute atomic E-state index is 1.00. The van der Waals surface area contributed by atoms with Gasteiger partial charge in [-0.25, -0.2) is 0 Å². The molecule has 1 heteroatoms. The zero-order valence-corrected chi connectivity index (χ0v) is 3.94. The van der Waals surface area contributed by atoms with Crippen molar-refractivity contribution >= 4 is 0 Å². The van der Waals surface area contributed by atoms with Crippen LogP contribution >= 0.6 is 0 Å². The Hall–Kier alpha value is -0.300. The van der Waals surface area contributed by atoms with E-state index < -0.39 is 0 Å². The zero-order valence-electron chi connectivity index (χ0n) is 3.94. The summed E-state index contributed by atoms with van der Waals surface area (Å²) in [7, 11) is 0. The lowest BCUT2D eigenvalue weighted by atomic mass is 10.4. The van der Waals surface area contributed by atoms with Gasteiger partial charge in [0.25, 0.3) is 0 Å². The normalized spacial score (nSPS) is 16.7. The van der Waals surface area contributed by atoms with Gasteiger partial charge < -0.3 is 4.74 Å². The molecule has 6 heavy (non-hydrogen) atoms. The molecule has 0 spiro atoms. The maximum Gasteiger partial charge on any atom is 0.0488 e. The van der Waals surface area contributed by atoms with Gasteiger partial charge in [0, 0.05) is 13.2 Å². The van der Waals surface area contributed by atoms with Crippen LogP contribution in [0.2, 0.25) is 0 Å². The first-order valence-electron chi connectivity index (χ1n) is 2.08. The second kappa shape index (κ2) is 4.70. The van der Waals surface area contributed by atoms with E-state index in [1.54, 1.807) is 0 Å². The van der Waals surface area contributed by atoms with Crippen molar-refractivity contribution < 1.29 is 4.74 Å². The third kappa shape index (κ3) is 1.97. The molecule has 0 aromatic heterocycles. The lowest BCUT2D eigenvalue weighted by Gasteiger charge is -2.09. The summed E-state index contributed by atoms with van der Waals surface area (Å²) < 4.78 is 4.72. The molecule has 0 atom stereocenters. The minimum atomic E-state index is 1.00. The molecule has 0 N–H and O–H groups in total. The number of ether oxygens (including phenoxy) is 1. The molecule has 1 nitrogen and oxygen atoms in total. The molecule has 1 saturated heterocycles. The smallest absolute Gasteiger partial charge is 0.0488 e. The van der Waals surface area contributed by atoms with Gasteiger partial charge in [0.15, 0.2) is 0 Å². The van der Waals surface area contributed by atoms with Crippen LogP contribution in [0.4, 0.5) is 0 Å². The van der Waals surface area contributed by atoms with Crippen molar-refractivity contribution in [1.29, 1.82) is 0 Å². The largest absolute Gasteiger partial charge is 0.381 e. The number of hydrogen-bond donors (Lipinski definition) is 0. The highest BCUT2D eigenvalue weighted by molar-refractivity contribution is 4.41. The molecule has 1 heterocycles. The summed E-state index contributed by atoms with van der Waals surface area (Å²) in [5.41, 5.74) is 0. The van der Waals surface area contributed by atoms with Crippen LogP contribution in [-0.4, -0.2) is 13.2 Å². The van der Waals surface area contributed by atoms with Gasteiger partial charge in [-0.05, 0) is 6.42 Å². The first kappa shape index (κ1) is 5.70.